The number of nitrogens with zero attached hydrogens (tertiary/aromatic N) is 3. The second kappa shape index (κ2) is 12.1. The number of hydrogen-bond donors (Lipinski definition) is 0. The fraction of sp³-hybridized carbons (Fsp3) is 0. The molecule has 0 aliphatic heterocycles. The predicted octanol–water partition coefficient (Wildman–Crippen LogP) is 12.9. The van der Waals surface area contributed by atoms with E-state index < -0.39 is 0 Å². The molecule has 0 spiro atoms. The minimum Gasteiger partial charge on any atom is -0.247 e. The van der Waals surface area contributed by atoms with E-state index in [0.717, 1.165) is 56.2 Å². The van der Waals surface area contributed by atoms with Crippen LogP contribution in [0.4, 0.5) is 0 Å². The van der Waals surface area contributed by atoms with Gasteiger partial charge in [0.1, 0.15) is 0 Å². The van der Waals surface area contributed by atoms with Gasteiger partial charge in [0.2, 0.25) is 0 Å². The molecule has 0 aliphatic rings. The molecule has 51 heavy (non-hydrogen) atoms. The largest absolute Gasteiger partial charge is 0.247 e. The zero-order valence-electron chi connectivity index (χ0n) is 27.5. The summed E-state index contributed by atoms with van der Waals surface area (Å²) in [5.41, 5.74) is 10.4. The maximum absolute atomic E-state index is 5.18. The summed E-state index contributed by atoms with van der Waals surface area (Å²) in [6, 6.07) is 61.9. The molecule has 0 saturated carbocycles. The number of para-hydroxylation sites is 1. The van der Waals surface area contributed by atoms with E-state index in [2.05, 4.69) is 140 Å². The molecular formula is C47H29N3S. The highest BCUT2D eigenvalue weighted by Gasteiger charge is 2.17. The maximum atomic E-state index is 5.18. The minimum atomic E-state index is 0.719. The molecule has 0 aliphatic carbocycles. The van der Waals surface area contributed by atoms with Crippen LogP contribution in [0.5, 0.6) is 0 Å². The van der Waals surface area contributed by atoms with Crippen molar-refractivity contribution in [2.45, 2.75) is 0 Å². The lowest BCUT2D eigenvalue weighted by Gasteiger charge is -2.12. The molecule has 0 saturated heterocycles. The molecule has 3 nitrogen and oxygen atoms in total. The standard InChI is InChI=1S/C47H29N3S/c1-4-12-31(13-5-1)40-29-41(50-47(49-40)34-16-8-3-9-17-34)32-22-20-30(21-23-32)35-24-26-42-38(28-35)45-43(51-42)27-25-37-44(45)36-18-10-11-19-39(36)48-46(37)33-14-6-2-7-15-33/h1-29H. The van der Waals surface area contributed by atoms with Gasteiger partial charge in [-0.3, -0.25) is 0 Å². The summed E-state index contributed by atoms with van der Waals surface area (Å²) < 4.78 is 2.57. The van der Waals surface area contributed by atoms with E-state index in [9.17, 15) is 0 Å². The fourth-order valence-corrected chi connectivity index (χ4v) is 8.30. The van der Waals surface area contributed by atoms with Crippen LogP contribution in [0.2, 0.25) is 0 Å². The first-order chi connectivity index (χ1) is 25.3. The van der Waals surface area contributed by atoms with Gasteiger partial charge in [-0.2, -0.15) is 0 Å². The maximum Gasteiger partial charge on any atom is 0.160 e. The monoisotopic (exact) mass is 667 g/mol. The van der Waals surface area contributed by atoms with Gasteiger partial charge in [-0.25, -0.2) is 15.0 Å². The van der Waals surface area contributed by atoms with E-state index in [1.807, 2.05) is 47.7 Å². The second-order valence-electron chi connectivity index (χ2n) is 12.8. The Morgan fingerprint density at radius 3 is 1.63 bits per heavy atom. The molecule has 0 bridgehead atoms. The first-order valence-electron chi connectivity index (χ1n) is 17.1. The molecule has 0 atom stereocenters. The number of thiophene rings is 1. The number of pyridine rings is 1. The average molecular weight is 668 g/mol. The highest BCUT2D eigenvalue weighted by atomic mass is 32.1. The van der Waals surface area contributed by atoms with Gasteiger partial charge in [-0.05, 0) is 41.5 Å². The molecule has 3 heterocycles. The summed E-state index contributed by atoms with van der Waals surface area (Å²) in [4.78, 5) is 15.2. The third-order valence-electron chi connectivity index (χ3n) is 9.69. The Morgan fingerprint density at radius 2 is 0.902 bits per heavy atom. The molecule has 0 fully saturated rings. The Morgan fingerprint density at radius 1 is 0.333 bits per heavy atom. The zero-order valence-corrected chi connectivity index (χ0v) is 28.3. The van der Waals surface area contributed by atoms with Gasteiger partial charge in [-0.15, -0.1) is 11.3 Å². The summed E-state index contributed by atoms with van der Waals surface area (Å²) in [6.45, 7) is 0. The van der Waals surface area contributed by atoms with Crippen LogP contribution in [-0.2, 0) is 0 Å². The highest BCUT2D eigenvalue weighted by Crippen LogP contribution is 2.44. The van der Waals surface area contributed by atoms with Gasteiger partial charge in [-0.1, -0.05) is 146 Å². The van der Waals surface area contributed by atoms with Crippen LogP contribution >= 0.6 is 11.3 Å². The van der Waals surface area contributed by atoms with E-state index in [0.29, 0.717) is 0 Å². The Hall–Kier alpha value is -6.49. The van der Waals surface area contributed by atoms with Crippen molar-refractivity contribution in [3.05, 3.63) is 176 Å². The molecule has 10 rings (SSSR count). The second-order valence-corrected chi connectivity index (χ2v) is 13.9. The fourth-order valence-electron chi connectivity index (χ4n) is 7.21. The number of rotatable bonds is 5. The Labute approximate surface area is 299 Å². The third kappa shape index (κ3) is 5.16. The summed E-state index contributed by atoms with van der Waals surface area (Å²) in [6.07, 6.45) is 0. The Bertz CT molecular complexity index is 2820. The van der Waals surface area contributed by atoms with Gasteiger partial charge >= 0.3 is 0 Å². The van der Waals surface area contributed by atoms with E-state index in [4.69, 9.17) is 15.0 Å². The molecule has 3 aromatic heterocycles. The predicted molar refractivity (Wildman–Crippen MR) is 215 cm³/mol. The normalized spacial score (nSPS) is 11.5. The number of hydrogen-bond acceptors (Lipinski definition) is 4. The summed E-state index contributed by atoms with van der Waals surface area (Å²) in [7, 11) is 0. The SMILES string of the molecule is c1ccc(-c2cc(-c3ccc(-c4ccc5sc6ccc7c(-c8ccccc8)nc8ccccc8c7c6c5c4)cc3)nc(-c3ccccc3)n2)cc1. The van der Waals surface area contributed by atoms with Crippen LogP contribution in [0.1, 0.15) is 0 Å². The van der Waals surface area contributed by atoms with Crippen molar-refractivity contribution >= 4 is 53.2 Å². The quantitative estimate of drug-likeness (QED) is 0.171. The first kappa shape index (κ1) is 29.4. The molecule has 0 unspecified atom stereocenters. The van der Waals surface area contributed by atoms with E-state index >= 15 is 0 Å². The summed E-state index contributed by atoms with van der Waals surface area (Å²) in [5.74, 6) is 0.719. The number of benzene rings is 7. The summed E-state index contributed by atoms with van der Waals surface area (Å²) >= 11 is 1.85. The first-order valence-corrected chi connectivity index (χ1v) is 17.9. The van der Waals surface area contributed by atoms with Crippen molar-refractivity contribution in [3.8, 4) is 56.3 Å². The lowest BCUT2D eigenvalue weighted by Crippen LogP contribution is -1.95. The van der Waals surface area contributed by atoms with E-state index in [-0.39, 0.29) is 0 Å². The van der Waals surface area contributed by atoms with Crippen molar-refractivity contribution < 1.29 is 0 Å². The lowest BCUT2D eigenvalue weighted by molar-refractivity contribution is 1.18. The molecule has 10 aromatic rings. The molecule has 238 valence electrons. The van der Waals surface area contributed by atoms with Crippen LogP contribution in [0.25, 0.3) is 98.1 Å². The van der Waals surface area contributed by atoms with E-state index in [1.165, 1.54) is 41.9 Å². The molecule has 0 amide bonds. The Balaban J connectivity index is 1.11. The van der Waals surface area contributed by atoms with Gasteiger partial charge in [0.05, 0.1) is 22.6 Å². The lowest BCUT2D eigenvalue weighted by atomic mass is 9.95. The average Bonchev–Trinajstić information content (AvgIpc) is 3.59. The molecular weight excluding hydrogens is 639 g/mol. The van der Waals surface area contributed by atoms with Crippen molar-refractivity contribution in [3.63, 3.8) is 0 Å². The van der Waals surface area contributed by atoms with Gasteiger partial charge < -0.3 is 0 Å². The number of fused-ring (bicyclic) bond motifs is 7. The summed E-state index contributed by atoms with van der Waals surface area (Å²) in [5, 5.41) is 6.19. The van der Waals surface area contributed by atoms with Gasteiger partial charge in [0, 0.05) is 58.6 Å². The van der Waals surface area contributed by atoms with Crippen LogP contribution in [-0.4, -0.2) is 15.0 Å². The minimum absolute atomic E-state index is 0.719. The van der Waals surface area contributed by atoms with Crippen LogP contribution in [0.3, 0.4) is 0 Å². The van der Waals surface area contributed by atoms with Crippen molar-refractivity contribution in [2.75, 3.05) is 0 Å². The third-order valence-corrected chi connectivity index (χ3v) is 10.8. The molecule has 0 N–H and O–H groups in total. The van der Waals surface area contributed by atoms with Crippen molar-refractivity contribution in [2.24, 2.45) is 0 Å². The molecule has 0 radical (unpaired) electrons. The molecule has 7 aromatic carbocycles. The topological polar surface area (TPSA) is 38.7 Å². The van der Waals surface area contributed by atoms with Crippen LogP contribution < -0.4 is 0 Å². The number of aromatic nitrogens is 3. The molecule has 4 heteroatoms. The van der Waals surface area contributed by atoms with Crippen molar-refractivity contribution in [1.29, 1.82) is 0 Å². The Kier molecular flexibility index (Phi) is 7.00. The van der Waals surface area contributed by atoms with Crippen molar-refractivity contribution in [1.82, 2.24) is 15.0 Å². The van der Waals surface area contributed by atoms with Crippen LogP contribution in [0, 0.1) is 0 Å². The smallest absolute Gasteiger partial charge is 0.160 e. The van der Waals surface area contributed by atoms with Gasteiger partial charge in [0.15, 0.2) is 5.82 Å². The van der Waals surface area contributed by atoms with E-state index in [1.54, 1.807) is 0 Å². The highest BCUT2D eigenvalue weighted by molar-refractivity contribution is 7.26. The zero-order chi connectivity index (χ0) is 33.7. The van der Waals surface area contributed by atoms with Crippen LogP contribution in [0.15, 0.2) is 176 Å². The van der Waals surface area contributed by atoms with Gasteiger partial charge in [0.25, 0.3) is 0 Å².